The highest BCUT2D eigenvalue weighted by atomic mass is 35.5. The first-order chi connectivity index (χ1) is 34.8. The zero-order valence-electron chi connectivity index (χ0n) is 42.5. The first-order valence-corrected chi connectivity index (χ1v) is 29.2. The fraction of sp³-hybridized carbons (Fsp3) is 0.481. The number of anilines is 2. The third-order valence-electron chi connectivity index (χ3n) is 14.1. The summed E-state index contributed by atoms with van der Waals surface area (Å²) in [5.41, 5.74) is -2.53. The number of amides is 2. The predicted molar refractivity (Wildman–Crippen MR) is 286 cm³/mol. The molecule has 0 spiro atoms. The highest BCUT2D eigenvalue weighted by molar-refractivity contribution is 7.99. The van der Waals surface area contributed by atoms with Crippen LogP contribution in [0.15, 0.2) is 117 Å². The maximum absolute atomic E-state index is 14.4. The number of carbonyl (C=O) groups excluding carboxylic acids is 2. The summed E-state index contributed by atoms with van der Waals surface area (Å²) >= 11 is 7.62. The molecular weight excluding hydrogens is 1040 g/mol. The summed E-state index contributed by atoms with van der Waals surface area (Å²) < 4.78 is 104. The average molecular weight is 1100 g/mol. The summed E-state index contributed by atoms with van der Waals surface area (Å²) in [6.07, 6.45) is 5.05. The predicted octanol–water partition coefficient (Wildman–Crippen LogP) is 10.9. The van der Waals surface area contributed by atoms with Crippen LogP contribution in [-0.2, 0) is 24.6 Å². The quantitative estimate of drug-likeness (QED) is 0.0858. The molecule has 2 saturated heterocycles. The maximum atomic E-state index is 14.4. The van der Waals surface area contributed by atoms with Gasteiger partial charge in [-0.1, -0.05) is 61.4 Å². The number of aliphatic hydroxyl groups is 1. The van der Waals surface area contributed by atoms with Crippen LogP contribution < -0.4 is 14.9 Å². The molecule has 3 N–H and O–H groups in total. The number of benzene rings is 4. The molecule has 0 saturated carbocycles. The lowest BCUT2D eigenvalue weighted by molar-refractivity contribution is -0.0436. The van der Waals surface area contributed by atoms with Gasteiger partial charge in [-0.2, -0.15) is 13.2 Å². The van der Waals surface area contributed by atoms with E-state index < -0.39 is 64.5 Å². The van der Waals surface area contributed by atoms with Crippen LogP contribution in [0.4, 0.5) is 29.3 Å². The van der Waals surface area contributed by atoms with Crippen molar-refractivity contribution in [1.82, 2.24) is 14.5 Å². The SMILES string of the molecule is CC1(C)CCC(c2ccc(Cl)cc2)=C(CC2(CO)CCN(c3ccc(C(=O)NS(=O)(=O)c4ccc(N[C@H](CCN5CCN(C(=O)OC(C)(C)C)CC5)CSc5ccccc5)c(S(=O)(=O)C(F)(F)F)c4)cc3)CC2)C1. The average Bonchev–Trinajstić information content (AvgIpc) is 3.34. The van der Waals surface area contributed by atoms with E-state index in [-0.39, 0.29) is 23.0 Å². The van der Waals surface area contributed by atoms with Gasteiger partial charge in [-0.05, 0) is 149 Å². The number of piperazine rings is 1. The van der Waals surface area contributed by atoms with Crippen LogP contribution in [-0.4, -0.2) is 119 Å². The van der Waals surface area contributed by atoms with Crippen LogP contribution in [0.2, 0.25) is 5.02 Å². The highest BCUT2D eigenvalue weighted by Crippen LogP contribution is 2.49. The Morgan fingerprint density at radius 3 is 2.11 bits per heavy atom. The highest BCUT2D eigenvalue weighted by Gasteiger charge is 2.49. The first-order valence-electron chi connectivity index (χ1n) is 24.9. The van der Waals surface area contributed by atoms with Crippen molar-refractivity contribution >= 4 is 72.2 Å². The third kappa shape index (κ3) is 14.6. The molecule has 0 unspecified atom stereocenters. The number of allylic oxidation sites excluding steroid dienone is 2. The van der Waals surface area contributed by atoms with Crippen molar-refractivity contribution in [3.05, 3.63) is 119 Å². The van der Waals surface area contributed by atoms with E-state index in [1.54, 1.807) is 37.8 Å². The zero-order valence-corrected chi connectivity index (χ0v) is 45.7. The molecule has 0 bridgehead atoms. The number of sulfone groups is 1. The van der Waals surface area contributed by atoms with Crippen molar-refractivity contribution in [3.63, 3.8) is 0 Å². The molecule has 7 rings (SSSR count). The summed E-state index contributed by atoms with van der Waals surface area (Å²) in [6, 6.07) is 25.2. The number of piperidine rings is 1. The van der Waals surface area contributed by atoms with Crippen LogP contribution in [0, 0.1) is 10.8 Å². The van der Waals surface area contributed by atoms with Crippen molar-refractivity contribution in [2.24, 2.45) is 10.8 Å². The molecule has 402 valence electrons. The van der Waals surface area contributed by atoms with Crippen LogP contribution in [0.25, 0.3) is 5.57 Å². The lowest BCUT2D eigenvalue weighted by Crippen LogP contribution is -2.50. The second-order valence-corrected chi connectivity index (χ2v) is 26.5. The number of nitrogens with zero attached hydrogens (tertiary/aromatic N) is 3. The van der Waals surface area contributed by atoms with Gasteiger partial charge in [0.1, 0.15) is 10.5 Å². The fourth-order valence-electron chi connectivity index (χ4n) is 9.81. The smallest absolute Gasteiger partial charge is 0.444 e. The van der Waals surface area contributed by atoms with E-state index in [0.717, 1.165) is 54.0 Å². The summed E-state index contributed by atoms with van der Waals surface area (Å²) in [6.45, 7) is 13.5. The number of hydrogen-bond donors (Lipinski definition) is 3. The van der Waals surface area contributed by atoms with Crippen LogP contribution >= 0.6 is 23.4 Å². The van der Waals surface area contributed by atoms with Gasteiger partial charge >= 0.3 is 11.6 Å². The minimum atomic E-state index is -6.13. The van der Waals surface area contributed by atoms with Gasteiger partial charge in [0, 0.05) is 90.8 Å². The van der Waals surface area contributed by atoms with Gasteiger partial charge in [-0.3, -0.25) is 9.69 Å². The van der Waals surface area contributed by atoms with Crippen molar-refractivity contribution in [3.8, 4) is 0 Å². The number of nitrogens with one attached hydrogen (secondary N) is 2. The summed E-state index contributed by atoms with van der Waals surface area (Å²) in [5.74, 6) is -0.769. The molecule has 74 heavy (non-hydrogen) atoms. The number of ether oxygens (including phenoxy) is 1. The normalized spacial score (nSPS) is 18.2. The van der Waals surface area contributed by atoms with E-state index >= 15 is 0 Å². The molecule has 1 aliphatic carbocycles. The second-order valence-electron chi connectivity index (χ2n) is 21.4. The Morgan fingerprint density at radius 1 is 0.851 bits per heavy atom. The van der Waals surface area contributed by atoms with Gasteiger partial charge < -0.3 is 25.0 Å². The Bertz CT molecular complexity index is 2870. The van der Waals surface area contributed by atoms with Crippen LogP contribution in [0.5, 0.6) is 0 Å². The van der Waals surface area contributed by atoms with Crippen molar-refractivity contribution < 1.29 is 49.4 Å². The van der Waals surface area contributed by atoms with Gasteiger partial charge in [0.05, 0.1) is 10.6 Å². The zero-order chi connectivity index (χ0) is 53.7. The first kappa shape index (κ1) is 56.9. The summed E-state index contributed by atoms with van der Waals surface area (Å²) in [7, 11) is -11.0. The number of carbonyl (C=O) groups is 2. The van der Waals surface area contributed by atoms with Gasteiger partial charge in [0.2, 0.25) is 0 Å². The fourth-order valence-corrected chi connectivity index (χ4v) is 13.0. The minimum Gasteiger partial charge on any atom is -0.444 e. The summed E-state index contributed by atoms with van der Waals surface area (Å²) in [5, 5.41) is 14.5. The molecular formula is C54H67ClF3N5O8S3. The Hall–Kier alpha value is -4.79. The van der Waals surface area contributed by atoms with E-state index in [9.17, 15) is 44.7 Å². The number of alkyl halides is 3. The molecule has 3 aliphatic rings. The molecule has 1 atom stereocenters. The van der Waals surface area contributed by atoms with Crippen LogP contribution in [0.1, 0.15) is 95.5 Å². The molecule has 2 aliphatic heterocycles. The number of hydrogen-bond acceptors (Lipinski definition) is 12. The van der Waals surface area contributed by atoms with Crippen molar-refractivity contribution in [2.75, 3.05) is 68.4 Å². The number of sulfonamides is 1. The topological polar surface area (TPSA) is 166 Å². The van der Waals surface area contributed by atoms with Gasteiger partial charge in [0.25, 0.3) is 25.8 Å². The Balaban J connectivity index is 1.03. The largest absolute Gasteiger partial charge is 0.501 e. The van der Waals surface area contributed by atoms with E-state index in [1.165, 1.54) is 35.0 Å². The maximum Gasteiger partial charge on any atom is 0.501 e. The number of thioether (sulfide) groups is 1. The number of halogens is 4. The Kier molecular flexibility index (Phi) is 17.9. The van der Waals surface area contributed by atoms with Crippen molar-refractivity contribution in [1.29, 1.82) is 0 Å². The molecule has 20 heteroatoms. The van der Waals surface area contributed by atoms with Crippen LogP contribution in [0.3, 0.4) is 0 Å². The van der Waals surface area contributed by atoms with Gasteiger partial charge in [-0.15, -0.1) is 11.8 Å². The molecule has 13 nitrogen and oxygen atoms in total. The monoisotopic (exact) mass is 1100 g/mol. The Labute approximate surface area is 443 Å². The summed E-state index contributed by atoms with van der Waals surface area (Å²) in [4.78, 5) is 30.7. The van der Waals surface area contributed by atoms with E-state index in [2.05, 4.69) is 41.1 Å². The van der Waals surface area contributed by atoms with E-state index in [0.29, 0.717) is 81.9 Å². The minimum absolute atomic E-state index is 0.0303. The number of aliphatic hydroxyl groups excluding tert-OH is 1. The van der Waals surface area contributed by atoms with Gasteiger partial charge in [-0.25, -0.2) is 26.4 Å². The second kappa shape index (κ2) is 23.2. The molecule has 2 amide bonds. The van der Waals surface area contributed by atoms with Crippen molar-refractivity contribution in [2.45, 2.75) is 111 Å². The molecule has 2 fully saturated rings. The van der Waals surface area contributed by atoms with E-state index in [4.69, 9.17) is 16.3 Å². The molecule has 4 aromatic rings. The lowest BCUT2D eigenvalue weighted by atomic mass is 9.66. The standard InChI is InChI=1S/C54H67ClF3N5O8S3/c1-51(2,3)71-50(66)63-31-29-61(30-32-63)26-22-42(36-72-44-9-7-6-8-10-44)59-47-20-19-45(33-48(47)73(67,68)54(56,57)58)74(69,70)60-49(65)39-13-17-43(18-14-39)62-27-24-53(37-64,25-28-62)35-40-34-52(4,5)23-21-46(40)38-11-15-41(55)16-12-38/h6-20,33,42,59,64H,21-32,34-37H2,1-5H3,(H,60,65)/t42-/m1/s1. The Morgan fingerprint density at radius 2 is 1.50 bits per heavy atom. The van der Waals surface area contributed by atoms with Gasteiger partial charge in [0.15, 0.2) is 0 Å². The third-order valence-corrected chi connectivity index (χ3v) is 18.3. The molecule has 0 aromatic heterocycles. The number of rotatable bonds is 17. The molecule has 4 aromatic carbocycles. The van der Waals surface area contributed by atoms with E-state index in [1.807, 2.05) is 47.2 Å². The molecule has 2 heterocycles. The lowest BCUT2D eigenvalue weighted by Gasteiger charge is -2.44. The molecule has 0 radical (unpaired) electrons.